The fraction of sp³-hybridized carbons (Fsp3) is 0.576. The second kappa shape index (κ2) is 18.6. The van der Waals surface area contributed by atoms with Gasteiger partial charge >= 0.3 is 5.97 Å². The van der Waals surface area contributed by atoms with Crippen molar-refractivity contribution in [3.63, 3.8) is 0 Å². The molecule has 5 atom stereocenters. The molecule has 13 heteroatoms. The molecule has 1 aromatic carbocycles. The van der Waals surface area contributed by atoms with Gasteiger partial charge in [-0.15, -0.1) is 0 Å². The number of nitrogens with zero attached hydrogens (tertiary/aromatic N) is 1. The molecular formula is C33H51N7O6. The van der Waals surface area contributed by atoms with Crippen LogP contribution in [-0.2, 0) is 41.6 Å². The summed E-state index contributed by atoms with van der Waals surface area (Å²) in [5.74, 6) is -3.05. The van der Waals surface area contributed by atoms with Crippen LogP contribution in [0.3, 0.4) is 0 Å². The Hall–Kier alpha value is -4.26. The molecule has 0 spiro atoms. The van der Waals surface area contributed by atoms with Crippen molar-refractivity contribution in [2.75, 3.05) is 7.11 Å². The first-order valence-corrected chi connectivity index (χ1v) is 15.8. The van der Waals surface area contributed by atoms with Crippen LogP contribution in [0.15, 0.2) is 42.9 Å². The van der Waals surface area contributed by atoms with Gasteiger partial charge < -0.3 is 36.7 Å². The lowest BCUT2D eigenvalue weighted by atomic mass is 9.98. The summed E-state index contributed by atoms with van der Waals surface area (Å²) in [5.41, 5.74) is 7.61. The van der Waals surface area contributed by atoms with Crippen LogP contribution in [0.5, 0.6) is 0 Å². The van der Waals surface area contributed by atoms with E-state index < -0.39 is 59.8 Å². The normalized spacial score (nSPS) is 14.6. The van der Waals surface area contributed by atoms with Crippen molar-refractivity contribution in [3.8, 4) is 0 Å². The minimum atomic E-state index is -1.01. The molecular weight excluding hydrogens is 590 g/mol. The topological polar surface area (TPSA) is 197 Å². The summed E-state index contributed by atoms with van der Waals surface area (Å²) >= 11 is 0. The van der Waals surface area contributed by atoms with Crippen LogP contribution in [0, 0.1) is 17.8 Å². The molecule has 0 fully saturated rings. The summed E-state index contributed by atoms with van der Waals surface area (Å²) in [6.07, 6.45) is 4.08. The number of ether oxygens (including phenoxy) is 1. The van der Waals surface area contributed by atoms with Crippen molar-refractivity contribution in [3.05, 3.63) is 54.1 Å². The van der Waals surface area contributed by atoms with Crippen LogP contribution < -0.4 is 27.0 Å². The van der Waals surface area contributed by atoms with E-state index >= 15 is 0 Å². The Morgan fingerprint density at radius 1 is 0.761 bits per heavy atom. The highest BCUT2D eigenvalue weighted by Gasteiger charge is 2.34. The van der Waals surface area contributed by atoms with Gasteiger partial charge in [0.25, 0.3) is 0 Å². The molecule has 1 aromatic heterocycles. The molecule has 0 aliphatic heterocycles. The molecule has 46 heavy (non-hydrogen) atoms. The van der Waals surface area contributed by atoms with Gasteiger partial charge in [-0.05, 0) is 36.2 Å². The summed E-state index contributed by atoms with van der Waals surface area (Å²) in [4.78, 5) is 72.9. The van der Waals surface area contributed by atoms with E-state index in [0.29, 0.717) is 12.1 Å². The molecule has 0 aliphatic rings. The first-order valence-electron chi connectivity index (χ1n) is 15.8. The van der Waals surface area contributed by atoms with Crippen molar-refractivity contribution in [2.45, 2.75) is 97.4 Å². The van der Waals surface area contributed by atoms with E-state index in [1.807, 2.05) is 58.0 Å². The molecule has 0 saturated carbocycles. The number of carbonyl (C=O) groups excluding carboxylic acids is 5. The van der Waals surface area contributed by atoms with Gasteiger partial charge in [-0.1, -0.05) is 71.9 Å². The number of hydrogen-bond acceptors (Lipinski definition) is 8. The average molecular weight is 642 g/mol. The number of carbonyl (C=O) groups is 5. The molecule has 7 N–H and O–H groups in total. The highest BCUT2D eigenvalue weighted by molar-refractivity contribution is 5.95. The van der Waals surface area contributed by atoms with Gasteiger partial charge in [0.1, 0.15) is 24.2 Å². The van der Waals surface area contributed by atoms with Gasteiger partial charge in [0.15, 0.2) is 0 Å². The number of rotatable bonds is 18. The number of hydrogen-bond donors (Lipinski definition) is 6. The number of aromatic amines is 1. The van der Waals surface area contributed by atoms with Crippen LogP contribution in [0.25, 0.3) is 0 Å². The number of nitrogens with one attached hydrogen (secondary N) is 5. The predicted molar refractivity (Wildman–Crippen MR) is 174 cm³/mol. The number of esters is 1. The number of amides is 4. The zero-order valence-electron chi connectivity index (χ0n) is 28.0. The third kappa shape index (κ3) is 12.6. The van der Waals surface area contributed by atoms with Gasteiger partial charge in [0.05, 0.1) is 19.5 Å². The second-order valence-corrected chi connectivity index (χ2v) is 12.8. The third-order valence-electron chi connectivity index (χ3n) is 7.34. The van der Waals surface area contributed by atoms with Gasteiger partial charge in [-0.2, -0.15) is 0 Å². The minimum Gasteiger partial charge on any atom is -0.467 e. The molecule has 254 valence electrons. The van der Waals surface area contributed by atoms with Gasteiger partial charge in [-0.25, -0.2) is 9.78 Å². The summed E-state index contributed by atoms with van der Waals surface area (Å²) in [7, 11) is 1.25. The minimum absolute atomic E-state index is 0.0120. The molecule has 1 heterocycles. The molecule has 0 bridgehead atoms. The van der Waals surface area contributed by atoms with E-state index in [0.717, 1.165) is 5.56 Å². The standard InChI is InChI=1S/C33H51N7O6/c1-19(2)13-25(37-29(41)24(34)16-23-17-35-18-36-23)30(42)38-26(14-20(3)4)31(43)40-28(21(5)6)32(44)39-27(33(45)46-7)15-22-11-9-8-10-12-22/h8-12,17-21,24-28H,13-16,34H2,1-7H3,(H,35,36)(H,37,41)(H,38,42)(H,39,44)(H,40,43)/t24-,25+,26+,27-,28-/m1/s1. The molecule has 13 nitrogen and oxygen atoms in total. The Morgan fingerprint density at radius 3 is 1.80 bits per heavy atom. The van der Waals surface area contributed by atoms with E-state index in [1.165, 1.54) is 13.4 Å². The van der Waals surface area contributed by atoms with Crippen LogP contribution in [0.1, 0.15) is 65.6 Å². The summed E-state index contributed by atoms with van der Waals surface area (Å²) in [6, 6.07) is 4.37. The lowest BCUT2D eigenvalue weighted by Crippen LogP contribution is -2.60. The Morgan fingerprint density at radius 2 is 1.30 bits per heavy atom. The monoisotopic (exact) mass is 641 g/mol. The zero-order valence-corrected chi connectivity index (χ0v) is 28.0. The van der Waals surface area contributed by atoms with Crippen LogP contribution in [0.4, 0.5) is 0 Å². The van der Waals surface area contributed by atoms with Gasteiger partial charge in [0.2, 0.25) is 23.6 Å². The van der Waals surface area contributed by atoms with E-state index in [9.17, 15) is 24.0 Å². The number of nitrogens with two attached hydrogens (primary N) is 1. The maximum absolute atomic E-state index is 13.6. The summed E-state index contributed by atoms with van der Waals surface area (Å²) in [6.45, 7) is 11.2. The Balaban J connectivity index is 2.17. The quantitative estimate of drug-likeness (QED) is 0.131. The maximum atomic E-state index is 13.6. The summed E-state index contributed by atoms with van der Waals surface area (Å²) < 4.78 is 4.92. The Bertz CT molecular complexity index is 1270. The van der Waals surface area contributed by atoms with Crippen molar-refractivity contribution in [1.82, 2.24) is 31.2 Å². The zero-order chi connectivity index (χ0) is 34.4. The third-order valence-corrected chi connectivity index (χ3v) is 7.34. The summed E-state index contributed by atoms with van der Waals surface area (Å²) in [5, 5.41) is 11.1. The molecule has 2 aromatic rings. The average Bonchev–Trinajstić information content (AvgIpc) is 3.51. The smallest absolute Gasteiger partial charge is 0.328 e. The van der Waals surface area contributed by atoms with Crippen molar-refractivity contribution in [1.29, 1.82) is 0 Å². The molecule has 0 unspecified atom stereocenters. The van der Waals surface area contributed by atoms with Crippen LogP contribution >= 0.6 is 0 Å². The molecule has 0 radical (unpaired) electrons. The molecule has 0 saturated heterocycles. The van der Waals surface area contributed by atoms with Crippen molar-refractivity contribution >= 4 is 29.6 Å². The number of benzene rings is 1. The molecule has 4 amide bonds. The fourth-order valence-corrected chi connectivity index (χ4v) is 4.92. The SMILES string of the molecule is COC(=O)[C@@H](Cc1ccccc1)NC(=O)[C@H](NC(=O)[C@H](CC(C)C)NC(=O)[C@H](CC(C)C)NC(=O)[C@H](N)Cc1cnc[nH]1)C(C)C. The lowest BCUT2D eigenvalue weighted by molar-refractivity contribution is -0.145. The second-order valence-electron chi connectivity index (χ2n) is 12.8. The van der Waals surface area contributed by atoms with Crippen molar-refractivity contribution in [2.24, 2.45) is 23.5 Å². The molecule has 0 aliphatic carbocycles. The Kier molecular flexibility index (Phi) is 15.4. The first kappa shape index (κ1) is 37.9. The highest BCUT2D eigenvalue weighted by atomic mass is 16.5. The number of aromatic nitrogens is 2. The van der Waals surface area contributed by atoms with E-state index in [2.05, 4.69) is 31.2 Å². The Labute approximate surface area is 271 Å². The maximum Gasteiger partial charge on any atom is 0.328 e. The first-order chi connectivity index (χ1) is 21.7. The van der Waals surface area contributed by atoms with Crippen LogP contribution in [-0.4, -0.2) is 76.9 Å². The lowest BCUT2D eigenvalue weighted by Gasteiger charge is -2.29. The fourth-order valence-electron chi connectivity index (χ4n) is 4.92. The number of methoxy groups -OCH3 is 1. The van der Waals surface area contributed by atoms with E-state index in [4.69, 9.17) is 10.5 Å². The molecule has 2 rings (SSSR count). The van der Waals surface area contributed by atoms with E-state index in [-0.39, 0.29) is 37.0 Å². The van der Waals surface area contributed by atoms with Gasteiger partial charge in [-0.3, -0.25) is 19.2 Å². The predicted octanol–water partition coefficient (Wildman–Crippen LogP) is 1.38. The largest absolute Gasteiger partial charge is 0.467 e. The van der Waals surface area contributed by atoms with Gasteiger partial charge in [0, 0.05) is 24.7 Å². The van der Waals surface area contributed by atoms with E-state index in [1.54, 1.807) is 20.0 Å². The number of imidazole rings is 1. The highest BCUT2D eigenvalue weighted by Crippen LogP contribution is 2.12. The number of H-pyrrole nitrogens is 1. The van der Waals surface area contributed by atoms with Crippen LogP contribution in [0.2, 0.25) is 0 Å². The van der Waals surface area contributed by atoms with Crippen molar-refractivity contribution < 1.29 is 28.7 Å².